The second kappa shape index (κ2) is 7.12. The number of carbonyl (C=O) groups is 1. The van der Waals surface area contributed by atoms with E-state index in [9.17, 15) is 14.9 Å². The van der Waals surface area contributed by atoms with Crippen molar-refractivity contribution in [2.24, 2.45) is 0 Å². The van der Waals surface area contributed by atoms with E-state index < -0.39 is 17.3 Å². The van der Waals surface area contributed by atoms with E-state index >= 15 is 0 Å². The van der Waals surface area contributed by atoms with Crippen LogP contribution in [0.4, 0.5) is 0 Å². The van der Waals surface area contributed by atoms with Crippen LogP contribution in [0.1, 0.15) is 17.3 Å². The number of hydrogen-bond acceptors (Lipinski definition) is 5. The first-order valence-electron chi connectivity index (χ1n) is 8.22. The first-order chi connectivity index (χ1) is 13.5. The minimum atomic E-state index is -1.29. The molecule has 1 aliphatic rings. The Bertz CT molecular complexity index is 1260. The van der Waals surface area contributed by atoms with Gasteiger partial charge in [0.05, 0.1) is 17.0 Å². The summed E-state index contributed by atoms with van der Waals surface area (Å²) in [6.45, 7) is 0.00921. The van der Waals surface area contributed by atoms with E-state index in [1.54, 1.807) is 30.3 Å². The molecule has 1 atom stereocenters. The molecule has 138 valence electrons. The smallest absolute Gasteiger partial charge is 0.258 e. The number of aromatic nitrogens is 2. The SMILES string of the molecule is N#C[C@H](C(=O)C1=Cc2cc(Cl)ccc2OC1)c1nc2cc(Cl)ccc2c(=O)[nH]1. The molecule has 1 aromatic heterocycles. The number of nitrogens with zero attached hydrogens (tertiary/aromatic N) is 2. The van der Waals surface area contributed by atoms with E-state index in [1.165, 1.54) is 12.1 Å². The van der Waals surface area contributed by atoms with Crippen LogP contribution < -0.4 is 10.3 Å². The molecule has 0 amide bonds. The molecule has 2 aromatic carbocycles. The summed E-state index contributed by atoms with van der Waals surface area (Å²) in [5, 5.41) is 10.8. The van der Waals surface area contributed by atoms with Crippen LogP contribution in [0.2, 0.25) is 10.0 Å². The fraction of sp³-hybridized carbons (Fsp3) is 0.100. The van der Waals surface area contributed by atoms with Crippen molar-refractivity contribution in [1.82, 2.24) is 9.97 Å². The van der Waals surface area contributed by atoms with Crippen LogP contribution in [0, 0.1) is 11.3 Å². The third kappa shape index (κ3) is 3.26. The second-order valence-electron chi connectivity index (χ2n) is 6.18. The summed E-state index contributed by atoms with van der Waals surface area (Å²) in [4.78, 5) is 32.1. The summed E-state index contributed by atoms with van der Waals surface area (Å²) < 4.78 is 5.59. The molecule has 0 saturated heterocycles. The fourth-order valence-corrected chi connectivity index (χ4v) is 3.33. The normalized spacial score (nSPS) is 13.8. The molecule has 0 spiro atoms. The molecule has 3 aromatic rings. The molecular weight excluding hydrogens is 401 g/mol. The van der Waals surface area contributed by atoms with Crippen LogP contribution >= 0.6 is 23.2 Å². The molecule has 28 heavy (non-hydrogen) atoms. The third-order valence-electron chi connectivity index (χ3n) is 4.35. The van der Waals surface area contributed by atoms with Gasteiger partial charge < -0.3 is 9.72 Å². The predicted octanol–water partition coefficient (Wildman–Crippen LogP) is 3.88. The number of nitrogens with one attached hydrogen (secondary N) is 1. The number of ketones is 1. The molecule has 1 N–H and O–H groups in total. The van der Waals surface area contributed by atoms with Gasteiger partial charge in [0, 0.05) is 21.2 Å². The molecule has 6 nitrogen and oxygen atoms in total. The molecular formula is C20H11Cl2N3O3. The summed E-state index contributed by atoms with van der Waals surface area (Å²) >= 11 is 12.0. The third-order valence-corrected chi connectivity index (χ3v) is 4.82. The Morgan fingerprint density at radius 2 is 1.96 bits per heavy atom. The highest BCUT2D eigenvalue weighted by atomic mass is 35.5. The molecule has 0 aliphatic carbocycles. The van der Waals surface area contributed by atoms with Crippen LogP contribution in [-0.2, 0) is 4.79 Å². The monoisotopic (exact) mass is 411 g/mol. The Morgan fingerprint density at radius 1 is 1.21 bits per heavy atom. The lowest BCUT2D eigenvalue weighted by atomic mass is 9.95. The number of rotatable bonds is 3. The summed E-state index contributed by atoms with van der Waals surface area (Å²) in [7, 11) is 0. The van der Waals surface area contributed by atoms with Crippen LogP contribution in [0.3, 0.4) is 0 Å². The zero-order chi connectivity index (χ0) is 19.8. The highest BCUT2D eigenvalue weighted by Crippen LogP contribution is 2.31. The van der Waals surface area contributed by atoms with Crippen LogP contribution in [-0.4, -0.2) is 22.4 Å². The lowest BCUT2D eigenvalue weighted by molar-refractivity contribution is -0.116. The van der Waals surface area contributed by atoms with E-state index in [4.69, 9.17) is 27.9 Å². The molecule has 0 saturated carbocycles. The van der Waals surface area contributed by atoms with Gasteiger partial charge in [0.2, 0.25) is 0 Å². The van der Waals surface area contributed by atoms with E-state index in [0.717, 1.165) is 0 Å². The molecule has 0 fully saturated rings. The lowest BCUT2D eigenvalue weighted by Crippen LogP contribution is -2.24. The predicted molar refractivity (Wildman–Crippen MR) is 106 cm³/mol. The summed E-state index contributed by atoms with van der Waals surface area (Å²) in [5.74, 6) is -1.23. The maximum absolute atomic E-state index is 12.9. The van der Waals surface area contributed by atoms with Gasteiger partial charge in [-0.3, -0.25) is 9.59 Å². The van der Waals surface area contributed by atoms with Crippen molar-refractivity contribution in [3.05, 3.63) is 73.8 Å². The van der Waals surface area contributed by atoms with Crippen molar-refractivity contribution < 1.29 is 9.53 Å². The van der Waals surface area contributed by atoms with Gasteiger partial charge in [0.1, 0.15) is 18.2 Å². The van der Waals surface area contributed by atoms with Gasteiger partial charge in [-0.05, 0) is 42.5 Å². The minimum Gasteiger partial charge on any atom is -0.488 e. The fourth-order valence-electron chi connectivity index (χ4n) is 2.99. The van der Waals surface area contributed by atoms with Crippen molar-refractivity contribution in [3.8, 4) is 11.8 Å². The summed E-state index contributed by atoms with van der Waals surface area (Å²) in [5.41, 5.74) is 0.793. The van der Waals surface area contributed by atoms with Crippen molar-refractivity contribution in [2.75, 3.05) is 6.61 Å². The van der Waals surface area contributed by atoms with E-state index in [0.29, 0.717) is 32.3 Å². The van der Waals surface area contributed by atoms with Crippen molar-refractivity contribution in [1.29, 1.82) is 5.26 Å². The quantitative estimate of drug-likeness (QED) is 0.705. The van der Waals surface area contributed by atoms with Crippen molar-refractivity contribution in [3.63, 3.8) is 0 Å². The van der Waals surface area contributed by atoms with Gasteiger partial charge in [0.15, 0.2) is 11.7 Å². The number of fused-ring (bicyclic) bond motifs is 2. The zero-order valence-electron chi connectivity index (χ0n) is 14.2. The first kappa shape index (κ1) is 18.2. The molecule has 8 heteroatoms. The van der Waals surface area contributed by atoms with E-state index in [-0.39, 0.29) is 18.0 Å². The topological polar surface area (TPSA) is 95.8 Å². The van der Waals surface area contributed by atoms with Gasteiger partial charge in [0.25, 0.3) is 5.56 Å². The van der Waals surface area contributed by atoms with Crippen molar-refractivity contribution in [2.45, 2.75) is 5.92 Å². The van der Waals surface area contributed by atoms with E-state index in [1.807, 2.05) is 6.07 Å². The Kier molecular flexibility index (Phi) is 4.63. The largest absolute Gasteiger partial charge is 0.488 e. The van der Waals surface area contributed by atoms with Gasteiger partial charge >= 0.3 is 0 Å². The van der Waals surface area contributed by atoms with Gasteiger partial charge in [-0.15, -0.1) is 0 Å². The highest BCUT2D eigenvalue weighted by Gasteiger charge is 2.28. The number of nitriles is 1. The maximum Gasteiger partial charge on any atom is 0.258 e. The summed E-state index contributed by atoms with van der Waals surface area (Å²) in [6.07, 6.45) is 1.63. The standard InChI is InChI=1S/C20H11Cl2N3O3/c21-12-2-4-17-10(6-12)5-11(9-28-17)18(26)15(8-23)19-24-16-7-13(22)1-3-14(16)20(27)25-19/h1-7,15H,9H2,(H,24,25,27)/t15-/m1/s1. The summed E-state index contributed by atoms with van der Waals surface area (Å²) in [6, 6.07) is 11.6. The second-order valence-corrected chi connectivity index (χ2v) is 7.05. The number of benzene rings is 2. The Morgan fingerprint density at radius 3 is 2.75 bits per heavy atom. The number of Topliss-reactive ketones (excluding diaryl/α,β-unsaturated/α-hetero) is 1. The first-order valence-corrected chi connectivity index (χ1v) is 8.98. The van der Waals surface area contributed by atoms with Gasteiger partial charge in [-0.2, -0.15) is 5.26 Å². The van der Waals surface area contributed by atoms with E-state index in [2.05, 4.69) is 9.97 Å². The average Bonchev–Trinajstić information content (AvgIpc) is 2.67. The minimum absolute atomic E-state index is 0.00921. The molecule has 2 heterocycles. The van der Waals surface area contributed by atoms with Gasteiger partial charge in [-0.25, -0.2) is 4.98 Å². The van der Waals surface area contributed by atoms with Crippen molar-refractivity contribution >= 4 is 46.0 Å². The number of ether oxygens (including phenoxy) is 1. The zero-order valence-corrected chi connectivity index (χ0v) is 15.7. The number of carbonyl (C=O) groups excluding carboxylic acids is 1. The lowest BCUT2D eigenvalue weighted by Gasteiger charge is -2.18. The maximum atomic E-state index is 12.9. The molecule has 4 rings (SSSR count). The van der Waals surface area contributed by atoms with Crippen LogP contribution in [0.15, 0.2) is 46.8 Å². The Labute approximate surface area is 169 Å². The Balaban J connectivity index is 1.75. The number of H-pyrrole nitrogens is 1. The average molecular weight is 412 g/mol. The van der Waals surface area contributed by atoms with Gasteiger partial charge in [-0.1, -0.05) is 23.2 Å². The van der Waals surface area contributed by atoms with Crippen LogP contribution in [0.5, 0.6) is 5.75 Å². The number of aromatic amines is 1. The number of hydrogen-bond donors (Lipinski definition) is 1. The van der Waals surface area contributed by atoms with Crippen LogP contribution in [0.25, 0.3) is 17.0 Å². The molecule has 0 unspecified atom stereocenters. The Hall–Kier alpha value is -3.14. The number of halogens is 2. The molecule has 0 radical (unpaired) electrons. The highest BCUT2D eigenvalue weighted by molar-refractivity contribution is 6.31. The molecule has 1 aliphatic heterocycles. The molecule has 0 bridgehead atoms.